The first-order valence-corrected chi connectivity index (χ1v) is 5.84. The van der Waals surface area contributed by atoms with Crippen LogP contribution in [0, 0.1) is 11.3 Å². The number of hydrogen-bond donors (Lipinski definition) is 1. The van der Waals surface area contributed by atoms with Gasteiger partial charge in [-0.05, 0) is 25.7 Å². The fourth-order valence-electron chi connectivity index (χ4n) is 1.40. The van der Waals surface area contributed by atoms with Crippen molar-refractivity contribution >= 4 is 11.6 Å². The van der Waals surface area contributed by atoms with Gasteiger partial charge in [-0.15, -0.1) is 0 Å². The van der Waals surface area contributed by atoms with Crippen molar-refractivity contribution in [2.24, 2.45) is 0 Å². The van der Waals surface area contributed by atoms with E-state index in [0.717, 1.165) is 0 Å². The van der Waals surface area contributed by atoms with Gasteiger partial charge in [-0.2, -0.15) is 18.4 Å². The predicted octanol–water partition coefficient (Wildman–Crippen LogP) is 3.13. The highest BCUT2D eigenvalue weighted by Crippen LogP contribution is 2.30. The molecule has 1 aromatic carbocycles. The summed E-state index contributed by atoms with van der Waals surface area (Å²) in [6.07, 6.45) is -6.74. The fraction of sp³-hybridized carbons (Fsp3) is 0.417. The zero-order valence-corrected chi connectivity index (χ0v) is 10.8. The molecule has 1 N–H and O–H groups in total. The van der Waals surface area contributed by atoms with Crippen molar-refractivity contribution in [3.05, 3.63) is 28.8 Å². The third-order valence-electron chi connectivity index (χ3n) is 2.35. The first-order valence-electron chi connectivity index (χ1n) is 5.46. The monoisotopic (exact) mass is 292 g/mol. The number of ether oxygens (including phenoxy) is 1. The lowest BCUT2D eigenvalue weighted by Crippen LogP contribution is -2.36. The Morgan fingerprint density at radius 3 is 2.68 bits per heavy atom. The van der Waals surface area contributed by atoms with Crippen LogP contribution in [0.25, 0.3) is 0 Å². The number of nitrogens with one attached hydrogen (secondary N) is 1. The average Bonchev–Trinajstić information content (AvgIpc) is 2.33. The molecule has 104 valence electrons. The number of nitrogens with zero attached hydrogens (tertiary/aromatic N) is 1. The molecule has 7 heteroatoms. The molecule has 0 aliphatic carbocycles. The minimum atomic E-state index is -4.51. The molecule has 0 spiro atoms. The Hall–Kier alpha value is -1.45. The Morgan fingerprint density at radius 1 is 1.47 bits per heavy atom. The van der Waals surface area contributed by atoms with Crippen LogP contribution < -0.4 is 10.1 Å². The van der Waals surface area contributed by atoms with Gasteiger partial charge in [0, 0.05) is 17.5 Å². The second kappa shape index (κ2) is 6.64. The summed E-state index contributed by atoms with van der Waals surface area (Å²) in [5.41, 5.74) is 0.0168. The normalized spacial score (nSPS) is 12.8. The van der Waals surface area contributed by atoms with Gasteiger partial charge in [0.15, 0.2) is 6.10 Å². The number of halogens is 4. The molecule has 1 atom stereocenters. The van der Waals surface area contributed by atoms with E-state index in [2.05, 4.69) is 5.32 Å². The van der Waals surface area contributed by atoms with E-state index in [1.54, 1.807) is 13.1 Å². The van der Waals surface area contributed by atoms with Crippen molar-refractivity contribution in [3.63, 3.8) is 0 Å². The van der Waals surface area contributed by atoms with Gasteiger partial charge in [-0.3, -0.25) is 0 Å². The summed E-state index contributed by atoms with van der Waals surface area (Å²) < 4.78 is 43.3. The highest BCUT2D eigenvalue weighted by molar-refractivity contribution is 6.30. The molecule has 0 aliphatic heterocycles. The predicted molar refractivity (Wildman–Crippen MR) is 65.2 cm³/mol. The molecule has 1 rings (SSSR count). The van der Waals surface area contributed by atoms with E-state index >= 15 is 0 Å². The minimum absolute atomic E-state index is 0.0168. The molecule has 0 saturated heterocycles. The Bertz CT molecular complexity index is 471. The molecule has 0 fully saturated rings. The summed E-state index contributed by atoms with van der Waals surface area (Å²) in [6, 6.07) is 5.72. The Balaban J connectivity index is 2.96. The van der Waals surface area contributed by atoms with Crippen molar-refractivity contribution in [2.75, 3.05) is 13.6 Å². The third kappa shape index (κ3) is 4.62. The summed E-state index contributed by atoms with van der Waals surface area (Å²) >= 11 is 5.69. The van der Waals surface area contributed by atoms with E-state index < -0.39 is 12.3 Å². The lowest BCUT2D eigenvalue weighted by Gasteiger charge is -2.22. The number of nitriles is 1. The molecule has 0 heterocycles. The van der Waals surface area contributed by atoms with Gasteiger partial charge < -0.3 is 10.1 Å². The first-order chi connectivity index (χ1) is 8.88. The standard InChI is InChI=1S/C12H12ClF3N2O/c1-18-5-4-11(12(14,15)16)19-10-6-9(13)3-2-8(10)7-17/h2-3,6,11,18H,4-5H2,1H3. The molecule has 19 heavy (non-hydrogen) atoms. The first kappa shape index (κ1) is 15.6. The molecule has 0 radical (unpaired) electrons. The zero-order chi connectivity index (χ0) is 14.5. The zero-order valence-electron chi connectivity index (χ0n) is 10.1. The SMILES string of the molecule is CNCCC(Oc1cc(Cl)ccc1C#N)C(F)(F)F. The summed E-state index contributed by atoms with van der Waals surface area (Å²) in [5, 5.41) is 11.7. The van der Waals surface area contributed by atoms with Crippen molar-refractivity contribution in [2.45, 2.75) is 18.7 Å². The maximum Gasteiger partial charge on any atom is 0.425 e. The lowest BCUT2D eigenvalue weighted by molar-refractivity contribution is -0.196. The largest absolute Gasteiger partial charge is 0.479 e. The molecule has 0 saturated carbocycles. The Labute approximate surface area is 113 Å². The third-order valence-corrected chi connectivity index (χ3v) is 2.59. The minimum Gasteiger partial charge on any atom is -0.479 e. The Kier molecular flexibility index (Phi) is 5.45. The Morgan fingerprint density at radius 2 is 2.16 bits per heavy atom. The molecule has 1 unspecified atom stereocenters. The van der Waals surface area contributed by atoms with E-state index in [-0.39, 0.29) is 29.3 Å². The second-order valence-corrected chi connectivity index (χ2v) is 4.23. The number of benzene rings is 1. The highest BCUT2D eigenvalue weighted by atomic mass is 35.5. The maximum absolute atomic E-state index is 12.8. The number of rotatable bonds is 5. The smallest absolute Gasteiger partial charge is 0.425 e. The van der Waals surface area contributed by atoms with E-state index in [9.17, 15) is 13.2 Å². The van der Waals surface area contributed by atoms with E-state index in [0.29, 0.717) is 0 Å². The molecule has 0 aromatic heterocycles. The van der Waals surface area contributed by atoms with Crippen LogP contribution in [-0.2, 0) is 0 Å². The van der Waals surface area contributed by atoms with Crippen molar-refractivity contribution in [3.8, 4) is 11.8 Å². The average molecular weight is 293 g/mol. The summed E-state index contributed by atoms with van der Waals surface area (Å²) in [6.45, 7) is 0.145. The number of hydrogen-bond acceptors (Lipinski definition) is 3. The van der Waals surface area contributed by atoms with E-state index in [1.165, 1.54) is 18.2 Å². The maximum atomic E-state index is 12.8. The van der Waals surface area contributed by atoms with Crippen LogP contribution in [0.3, 0.4) is 0 Å². The summed E-state index contributed by atoms with van der Waals surface area (Å²) in [5.74, 6) is -0.159. The van der Waals surface area contributed by atoms with Crippen LogP contribution >= 0.6 is 11.6 Å². The molecular formula is C12H12ClF3N2O. The molecule has 0 amide bonds. The van der Waals surface area contributed by atoms with Gasteiger partial charge in [0.25, 0.3) is 0 Å². The van der Waals surface area contributed by atoms with Gasteiger partial charge in [0.05, 0.1) is 5.56 Å². The molecule has 0 bridgehead atoms. The van der Waals surface area contributed by atoms with Crippen LogP contribution in [0.15, 0.2) is 18.2 Å². The van der Waals surface area contributed by atoms with Crippen molar-refractivity contribution in [1.82, 2.24) is 5.32 Å². The van der Waals surface area contributed by atoms with Crippen LogP contribution in [0.5, 0.6) is 5.75 Å². The molecule has 1 aromatic rings. The second-order valence-electron chi connectivity index (χ2n) is 3.79. The van der Waals surface area contributed by atoms with Gasteiger partial charge in [0.2, 0.25) is 0 Å². The van der Waals surface area contributed by atoms with Crippen LogP contribution in [0.2, 0.25) is 5.02 Å². The van der Waals surface area contributed by atoms with Crippen molar-refractivity contribution in [1.29, 1.82) is 5.26 Å². The van der Waals surface area contributed by atoms with Crippen molar-refractivity contribution < 1.29 is 17.9 Å². The van der Waals surface area contributed by atoms with Crippen LogP contribution in [0.4, 0.5) is 13.2 Å². The summed E-state index contributed by atoms with van der Waals surface area (Å²) in [7, 11) is 1.55. The number of alkyl halides is 3. The quantitative estimate of drug-likeness (QED) is 0.907. The highest BCUT2D eigenvalue weighted by Gasteiger charge is 2.41. The molecular weight excluding hydrogens is 281 g/mol. The van der Waals surface area contributed by atoms with Crippen LogP contribution in [0.1, 0.15) is 12.0 Å². The van der Waals surface area contributed by atoms with Gasteiger partial charge in [0.1, 0.15) is 11.8 Å². The summed E-state index contributed by atoms with van der Waals surface area (Å²) in [4.78, 5) is 0. The molecule has 0 aliphatic rings. The van der Waals surface area contributed by atoms with Gasteiger partial charge in [-0.25, -0.2) is 0 Å². The van der Waals surface area contributed by atoms with Gasteiger partial charge in [-0.1, -0.05) is 11.6 Å². The van der Waals surface area contributed by atoms with E-state index in [1.807, 2.05) is 0 Å². The van der Waals surface area contributed by atoms with Gasteiger partial charge >= 0.3 is 6.18 Å². The topological polar surface area (TPSA) is 45.0 Å². The lowest BCUT2D eigenvalue weighted by atomic mass is 10.2. The van der Waals surface area contributed by atoms with Crippen LogP contribution in [-0.4, -0.2) is 25.9 Å². The molecule has 3 nitrogen and oxygen atoms in total. The van der Waals surface area contributed by atoms with E-state index in [4.69, 9.17) is 21.6 Å². The fourth-order valence-corrected chi connectivity index (χ4v) is 1.57.